The van der Waals surface area contributed by atoms with Crippen molar-refractivity contribution < 1.29 is 4.79 Å². The van der Waals surface area contributed by atoms with Gasteiger partial charge >= 0.3 is 0 Å². The zero-order valence-corrected chi connectivity index (χ0v) is 19.1. The fourth-order valence-electron chi connectivity index (χ4n) is 3.99. The van der Waals surface area contributed by atoms with E-state index in [-0.39, 0.29) is 11.5 Å². The number of fused-ring (bicyclic) bond motifs is 1. The first-order valence-corrected chi connectivity index (χ1v) is 12.7. The lowest BCUT2D eigenvalue weighted by atomic mass is 9.92. The van der Waals surface area contributed by atoms with Crippen LogP contribution in [0.25, 0.3) is 10.2 Å². The van der Waals surface area contributed by atoms with Crippen molar-refractivity contribution in [2.24, 2.45) is 11.8 Å². The third-order valence-corrected chi connectivity index (χ3v) is 8.03. The summed E-state index contributed by atoms with van der Waals surface area (Å²) < 4.78 is 2.43. The predicted octanol–water partition coefficient (Wildman–Crippen LogP) is 4.36. The molecule has 0 spiro atoms. The average Bonchev–Trinajstić information content (AvgIpc) is 3.36. The Hall–Kier alpha value is -1.64. The molecule has 4 rings (SSSR count). The molecule has 1 saturated heterocycles. The van der Waals surface area contributed by atoms with Crippen molar-refractivity contribution >= 4 is 50.6 Å². The molecule has 3 aromatic rings. The predicted molar refractivity (Wildman–Crippen MR) is 122 cm³/mol. The Kier molecular flexibility index (Phi) is 6.41. The third kappa shape index (κ3) is 4.75. The summed E-state index contributed by atoms with van der Waals surface area (Å²) in [7, 11) is 0. The van der Waals surface area contributed by atoms with Gasteiger partial charge in [0.1, 0.15) is 4.70 Å². The standard InChI is InChI=1S/C21H25N3O2S3/c1-14-10-15(2)12-23(11-14)18(25)13-29-21-22-17-6-9-28-19(17)20(26)24(21)7-5-16-4-3-8-27-16/h3-4,6,8-9,14-15H,5,7,10-13H2,1-2H3. The number of thioether (sulfide) groups is 1. The van der Waals surface area contributed by atoms with E-state index in [9.17, 15) is 9.59 Å². The molecule has 4 heterocycles. The van der Waals surface area contributed by atoms with E-state index in [1.807, 2.05) is 27.8 Å². The maximum absolute atomic E-state index is 13.0. The lowest BCUT2D eigenvalue weighted by molar-refractivity contribution is -0.130. The van der Waals surface area contributed by atoms with Crippen molar-refractivity contribution in [2.45, 2.75) is 38.4 Å². The fourth-order valence-corrected chi connectivity index (χ4v) is 6.40. The van der Waals surface area contributed by atoms with E-state index in [1.165, 1.54) is 34.4 Å². The van der Waals surface area contributed by atoms with E-state index < -0.39 is 0 Å². The summed E-state index contributed by atoms with van der Waals surface area (Å²) in [6, 6.07) is 5.99. The molecular weight excluding hydrogens is 422 g/mol. The van der Waals surface area contributed by atoms with Crippen LogP contribution in [0.15, 0.2) is 38.9 Å². The van der Waals surface area contributed by atoms with Gasteiger partial charge in [-0.2, -0.15) is 0 Å². The summed E-state index contributed by atoms with van der Waals surface area (Å²) in [4.78, 5) is 33.8. The number of aryl methyl sites for hydroxylation is 1. The zero-order valence-electron chi connectivity index (χ0n) is 16.7. The molecule has 5 nitrogen and oxygen atoms in total. The number of nitrogens with zero attached hydrogens (tertiary/aromatic N) is 3. The Morgan fingerprint density at radius 3 is 2.72 bits per heavy atom. The minimum absolute atomic E-state index is 0.00304. The number of hydrogen-bond donors (Lipinski definition) is 0. The van der Waals surface area contributed by atoms with Crippen LogP contribution in [0.5, 0.6) is 0 Å². The molecule has 29 heavy (non-hydrogen) atoms. The van der Waals surface area contributed by atoms with Crippen molar-refractivity contribution in [3.63, 3.8) is 0 Å². The molecule has 0 radical (unpaired) electrons. The lowest BCUT2D eigenvalue weighted by Crippen LogP contribution is -2.43. The highest BCUT2D eigenvalue weighted by atomic mass is 32.2. The number of aromatic nitrogens is 2. The average molecular weight is 448 g/mol. The largest absolute Gasteiger partial charge is 0.341 e. The van der Waals surface area contributed by atoms with E-state index in [2.05, 4.69) is 19.9 Å². The summed E-state index contributed by atoms with van der Waals surface area (Å²) in [6.07, 6.45) is 1.97. The van der Waals surface area contributed by atoms with E-state index in [4.69, 9.17) is 4.98 Å². The van der Waals surface area contributed by atoms with Crippen LogP contribution >= 0.6 is 34.4 Å². The molecule has 3 aromatic heterocycles. The number of amides is 1. The van der Waals surface area contributed by atoms with E-state index in [0.29, 0.717) is 34.0 Å². The maximum atomic E-state index is 13.0. The molecule has 154 valence electrons. The highest BCUT2D eigenvalue weighted by Crippen LogP contribution is 2.25. The summed E-state index contributed by atoms with van der Waals surface area (Å²) in [6.45, 7) is 6.64. The minimum Gasteiger partial charge on any atom is -0.341 e. The van der Waals surface area contributed by atoms with Gasteiger partial charge in [0.25, 0.3) is 5.56 Å². The van der Waals surface area contributed by atoms with Gasteiger partial charge in [-0.3, -0.25) is 14.2 Å². The number of hydrogen-bond acceptors (Lipinski definition) is 6. The van der Waals surface area contributed by atoms with Gasteiger partial charge in [0.15, 0.2) is 5.16 Å². The summed E-state index contributed by atoms with van der Waals surface area (Å²) >= 11 is 4.52. The number of likely N-dealkylation sites (tertiary alicyclic amines) is 1. The van der Waals surface area contributed by atoms with Crippen LogP contribution in [-0.4, -0.2) is 39.2 Å². The smallest absolute Gasteiger partial charge is 0.272 e. The van der Waals surface area contributed by atoms with Gasteiger partial charge in [-0.15, -0.1) is 22.7 Å². The van der Waals surface area contributed by atoms with Gasteiger partial charge in [0.05, 0.1) is 11.3 Å². The van der Waals surface area contributed by atoms with E-state index in [0.717, 1.165) is 25.0 Å². The normalized spacial score (nSPS) is 19.7. The van der Waals surface area contributed by atoms with Crippen LogP contribution in [0.4, 0.5) is 0 Å². The topological polar surface area (TPSA) is 55.2 Å². The zero-order chi connectivity index (χ0) is 20.4. The highest BCUT2D eigenvalue weighted by Gasteiger charge is 2.25. The van der Waals surface area contributed by atoms with Crippen molar-refractivity contribution in [2.75, 3.05) is 18.8 Å². The second-order valence-corrected chi connectivity index (χ2v) is 10.7. The molecule has 2 atom stereocenters. The number of carbonyl (C=O) groups excluding carboxylic acids is 1. The molecule has 0 aromatic carbocycles. The van der Waals surface area contributed by atoms with Crippen LogP contribution in [0.1, 0.15) is 25.1 Å². The number of rotatable bonds is 6. The molecule has 1 fully saturated rings. The Morgan fingerprint density at radius 2 is 2.00 bits per heavy atom. The van der Waals surface area contributed by atoms with Gasteiger partial charge in [-0.25, -0.2) is 4.98 Å². The van der Waals surface area contributed by atoms with Crippen LogP contribution in [0, 0.1) is 11.8 Å². The molecule has 2 unspecified atom stereocenters. The Balaban J connectivity index is 1.53. The molecule has 1 aliphatic heterocycles. The molecule has 1 amide bonds. The van der Waals surface area contributed by atoms with E-state index >= 15 is 0 Å². The number of piperidine rings is 1. The van der Waals surface area contributed by atoms with Crippen LogP contribution in [-0.2, 0) is 17.8 Å². The SMILES string of the molecule is CC1CC(C)CN(C(=O)CSc2nc3ccsc3c(=O)n2CCc2cccs2)C1. The van der Waals surface area contributed by atoms with Gasteiger partial charge in [0, 0.05) is 24.5 Å². The number of carbonyl (C=O) groups is 1. The molecule has 0 bridgehead atoms. The minimum atomic E-state index is -0.00304. The second-order valence-electron chi connectivity index (χ2n) is 7.85. The fraction of sp³-hybridized carbons (Fsp3) is 0.476. The first-order chi connectivity index (χ1) is 14.0. The van der Waals surface area contributed by atoms with Gasteiger partial charge in [-0.05, 0) is 47.6 Å². The Labute approximate surface area is 182 Å². The van der Waals surface area contributed by atoms with Crippen LogP contribution in [0.3, 0.4) is 0 Å². The third-order valence-electron chi connectivity index (χ3n) is 5.24. The van der Waals surface area contributed by atoms with Gasteiger partial charge in [-0.1, -0.05) is 31.7 Å². The Bertz CT molecular complexity index is 1030. The van der Waals surface area contributed by atoms with Gasteiger partial charge < -0.3 is 4.90 Å². The van der Waals surface area contributed by atoms with Crippen LogP contribution < -0.4 is 5.56 Å². The quantitative estimate of drug-likeness (QED) is 0.416. The lowest BCUT2D eigenvalue weighted by Gasteiger charge is -2.35. The Morgan fingerprint density at radius 1 is 1.21 bits per heavy atom. The summed E-state index contributed by atoms with van der Waals surface area (Å²) in [5.74, 6) is 1.53. The van der Waals surface area contributed by atoms with Crippen molar-refractivity contribution in [1.29, 1.82) is 0 Å². The molecule has 0 aliphatic carbocycles. The van der Waals surface area contributed by atoms with Gasteiger partial charge in [0.2, 0.25) is 5.91 Å². The summed E-state index contributed by atoms with van der Waals surface area (Å²) in [5.41, 5.74) is 0.722. The second kappa shape index (κ2) is 9.02. The van der Waals surface area contributed by atoms with Crippen molar-refractivity contribution in [1.82, 2.24) is 14.5 Å². The maximum Gasteiger partial charge on any atom is 0.272 e. The van der Waals surface area contributed by atoms with Crippen molar-refractivity contribution in [3.8, 4) is 0 Å². The molecule has 0 saturated carbocycles. The molecular formula is C21H25N3O2S3. The number of thiophene rings is 2. The molecule has 0 N–H and O–H groups in total. The first kappa shape index (κ1) is 20.6. The molecule has 1 aliphatic rings. The monoisotopic (exact) mass is 447 g/mol. The summed E-state index contributed by atoms with van der Waals surface area (Å²) in [5, 5.41) is 4.59. The molecule has 8 heteroatoms. The highest BCUT2D eigenvalue weighted by molar-refractivity contribution is 7.99. The van der Waals surface area contributed by atoms with Crippen LogP contribution in [0.2, 0.25) is 0 Å². The van der Waals surface area contributed by atoms with E-state index in [1.54, 1.807) is 15.9 Å². The first-order valence-electron chi connectivity index (χ1n) is 9.92. The van der Waals surface area contributed by atoms with Crippen molar-refractivity contribution in [3.05, 3.63) is 44.2 Å².